The molecule has 1 heterocycles. The average molecular weight is 263 g/mol. The van der Waals surface area contributed by atoms with Crippen molar-refractivity contribution in [2.75, 3.05) is 17.7 Å². The Morgan fingerprint density at radius 1 is 1.50 bits per heavy atom. The standard InChI is InChI=1S/C12H13ClN5/c1-15-11-9(13)7-16-12(18-11)17-10-5-3-2-4-8(10)6-14/h3-5,7H,6,14H2,1H3,(H2,15,16,17,18). The van der Waals surface area contributed by atoms with Gasteiger partial charge in [-0.3, -0.25) is 0 Å². The van der Waals surface area contributed by atoms with Crippen LogP contribution in [0.1, 0.15) is 5.56 Å². The maximum absolute atomic E-state index is 5.92. The molecule has 0 spiro atoms. The van der Waals surface area contributed by atoms with Crippen LogP contribution in [0.2, 0.25) is 5.02 Å². The molecule has 0 bridgehead atoms. The van der Waals surface area contributed by atoms with E-state index >= 15 is 0 Å². The number of nitrogens with two attached hydrogens (primary N) is 1. The Labute approximate surface area is 110 Å². The maximum Gasteiger partial charge on any atom is 0.229 e. The van der Waals surface area contributed by atoms with Gasteiger partial charge < -0.3 is 16.4 Å². The molecule has 0 saturated heterocycles. The summed E-state index contributed by atoms with van der Waals surface area (Å²) >= 11 is 5.92. The van der Waals surface area contributed by atoms with Gasteiger partial charge in [-0.05, 0) is 23.8 Å². The van der Waals surface area contributed by atoms with Gasteiger partial charge in [-0.1, -0.05) is 17.7 Å². The van der Waals surface area contributed by atoms with Gasteiger partial charge in [0.05, 0.1) is 6.20 Å². The predicted octanol–water partition coefficient (Wildman–Crippen LogP) is 2.17. The highest BCUT2D eigenvalue weighted by Crippen LogP contribution is 2.22. The third-order valence-corrected chi connectivity index (χ3v) is 2.67. The Balaban J connectivity index is 2.28. The van der Waals surface area contributed by atoms with Crippen LogP contribution in [0.15, 0.2) is 24.4 Å². The molecule has 0 amide bonds. The lowest BCUT2D eigenvalue weighted by molar-refractivity contribution is 1.06. The van der Waals surface area contributed by atoms with Crippen molar-refractivity contribution in [3.05, 3.63) is 41.0 Å². The summed E-state index contributed by atoms with van der Waals surface area (Å²) in [6, 6.07) is 8.48. The van der Waals surface area contributed by atoms with Crippen LogP contribution >= 0.6 is 11.6 Å². The van der Waals surface area contributed by atoms with Crippen molar-refractivity contribution in [1.29, 1.82) is 0 Å². The molecular formula is C12H13ClN5. The smallest absolute Gasteiger partial charge is 0.229 e. The lowest BCUT2D eigenvalue weighted by Crippen LogP contribution is -2.05. The molecule has 0 saturated carbocycles. The molecule has 4 N–H and O–H groups in total. The number of halogens is 1. The molecule has 0 atom stereocenters. The van der Waals surface area contributed by atoms with Crippen LogP contribution in [0, 0.1) is 6.07 Å². The topological polar surface area (TPSA) is 75.9 Å². The zero-order valence-electron chi connectivity index (χ0n) is 9.87. The highest BCUT2D eigenvalue weighted by Gasteiger charge is 2.06. The van der Waals surface area contributed by atoms with Crippen molar-refractivity contribution in [2.24, 2.45) is 5.73 Å². The normalized spacial score (nSPS) is 10.2. The second-order valence-electron chi connectivity index (χ2n) is 3.55. The first-order valence-electron chi connectivity index (χ1n) is 5.41. The van der Waals surface area contributed by atoms with Crippen molar-refractivity contribution < 1.29 is 0 Å². The van der Waals surface area contributed by atoms with Gasteiger partial charge in [0.25, 0.3) is 0 Å². The molecule has 2 aromatic rings. The molecule has 18 heavy (non-hydrogen) atoms. The molecule has 1 aromatic heterocycles. The van der Waals surface area contributed by atoms with Gasteiger partial charge in [-0.15, -0.1) is 0 Å². The molecule has 0 aliphatic carbocycles. The molecule has 2 rings (SSSR count). The first-order valence-corrected chi connectivity index (χ1v) is 5.78. The second kappa shape index (κ2) is 5.66. The zero-order valence-corrected chi connectivity index (χ0v) is 10.6. The van der Waals surface area contributed by atoms with Crippen LogP contribution < -0.4 is 16.4 Å². The molecule has 0 aliphatic rings. The van der Waals surface area contributed by atoms with E-state index in [0.29, 0.717) is 23.3 Å². The molecule has 6 heteroatoms. The minimum absolute atomic E-state index is 0.423. The number of nitrogens with one attached hydrogen (secondary N) is 2. The SMILES string of the molecule is CNc1nc(Nc2cc[c]cc2CN)ncc1Cl. The highest BCUT2D eigenvalue weighted by molar-refractivity contribution is 6.32. The summed E-state index contributed by atoms with van der Waals surface area (Å²) in [6.07, 6.45) is 1.54. The number of rotatable bonds is 4. The summed E-state index contributed by atoms with van der Waals surface area (Å²) in [7, 11) is 1.75. The predicted molar refractivity (Wildman–Crippen MR) is 73.0 cm³/mol. The fourth-order valence-corrected chi connectivity index (χ4v) is 1.66. The number of nitrogens with zero attached hydrogens (tertiary/aromatic N) is 2. The van der Waals surface area contributed by atoms with Crippen molar-refractivity contribution in [2.45, 2.75) is 6.54 Å². The summed E-state index contributed by atoms with van der Waals surface area (Å²) in [4.78, 5) is 8.36. The van der Waals surface area contributed by atoms with E-state index in [0.717, 1.165) is 11.3 Å². The number of hydrogen-bond donors (Lipinski definition) is 3. The lowest BCUT2D eigenvalue weighted by atomic mass is 10.2. The summed E-state index contributed by atoms with van der Waals surface area (Å²) in [6.45, 7) is 0.423. The van der Waals surface area contributed by atoms with E-state index in [-0.39, 0.29) is 0 Å². The Morgan fingerprint density at radius 2 is 2.33 bits per heavy atom. The third-order valence-electron chi connectivity index (χ3n) is 2.40. The molecule has 1 aromatic carbocycles. The molecule has 93 valence electrons. The van der Waals surface area contributed by atoms with Crippen LogP contribution in [0.4, 0.5) is 17.5 Å². The minimum Gasteiger partial charge on any atom is -0.372 e. The first-order chi connectivity index (χ1) is 8.74. The fraction of sp³-hybridized carbons (Fsp3) is 0.167. The largest absolute Gasteiger partial charge is 0.372 e. The van der Waals surface area contributed by atoms with Gasteiger partial charge in [-0.2, -0.15) is 4.98 Å². The van der Waals surface area contributed by atoms with Gasteiger partial charge in [0.2, 0.25) is 5.95 Å². The van der Waals surface area contributed by atoms with E-state index < -0.39 is 0 Å². The van der Waals surface area contributed by atoms with Crippen molar-refractivity contribution in [3.63, 3.8) is 0 Å². The number of aromatic nitrogens is 2. The van der Waals surface area contributed by atoms with E-state index in [9.17, 15) is 0 Å². The summed E-state index contributed by atoms with van der Waals surface area (Å²) < 4.78 is 0. The van der Waals surface area contributed by atoms with E-state index in [1.807, 2.05) is 12.1 Å². The van der Waals surface area contributed by atoms with Gasteiger partial charge in [0, 0.05) is 19.3 Å². The number of anilines is 3. The fourth-order valence-electron chi connectivity index (χ4n) is 1.48. The van der Waals surface area contributed by atoms with Gasteiger partial charge in [-0.25, -0.2) is 4.98 Å². The summed E-state index contributed by atoms with van der Waals surface area (Å²) in [5.41, 5.74) is 7.46. The van der Waals surface area contributed by atoms with Crippen molar-refractivity contribution in [1.82, 2.24) is 9.97 Å². The average Bonchev–Trinajstić information content (AvgIpc) is 2.41. The molecule has 0 unspecified atom stereocenters. The zero-order chi connectivity index (χ0) is 13.0. The van der Waals surface area contributed by atoms with Crippen molar-refractivity contribution in [3.8, 4) is 0 Å². The molecule has 0 aliphatic heterocycles. The molecule has 5 nitrogen and oxygen atoms in total. The molecular weight excluding hydrogens is 250 g/mol. The number of benzene rings is 1. The van der Waals surface area contributed by atoms with Crippen LogP contribution in [0.25, 0.3) is 0 Å². The Hall–Kier alpha value is -1.85. The Kier molecular flexibility index (Phi) is 3.96. The van der Waals surface area contributed by atoms with Crippen LogP contribution in [0.5, 0.6) is 0 Å². The third kappa shape index (κ3) is 2.69. The highest BCUT2D eigenvalue weighted by atomic mass is 35.5. The quantitative estimate of drug-likeness (QED) is 0.787. The van der Waals surface area contributed by atoms with Gasteiger partial charge in [0.1, 0.15) is 10.8 Å². The van der Waals surface area contributed by atoms with Crippen LogP contribution in [-0.2, 0) is 6.54 Å². The van der Waals surface area contributed by atoms with E-state index in [4.69, 9.17) is 17.3 Å². The Bertz CT molecular complexity index is 544. The van der Waals surface area contributed by atoms with Crippen molar-refractivity contribution >= 4 is 29.1 Å². The van der Waals surface area contributed by atoms with Gasteiger partial charge >= 0.3 is 0 Å². The van der Waals surface area contributed by atoms with Gasteiger partial charge in [0.15, 0.2) is 0 Å². The number of hydrogen-bond acceptors (Lipinski definition) is 5. The molecule has 0 fully saturated rings. The summed E-state index contributed by atoms with van der Waals surface area (Å²) in [5, 5.41) is 6.48. The summed E-state index contributed by atoms with van der Waals surface area (Å²) in [5.74, 6) is 1.04. The first kappa shape index (κ1) is 12.6. The lowest BCUT2D eigenvalue weighted by Gasteiger charge is -2.10. The second-order valence-corrected chi connectivity index (χ2v) is 3.96. The monoisotopic (exact) mass is 262 g/mol. The Morgan fingerprint density at radius 3 is 3.06 bits per heavy atom. The van der Waals surface area contributed by atoms with E-state index in [1.165, 1.54) is 0 Å². The maximum atomic E-state index is 5.92. The minimum atomic E-state index is 0.423. The van der Waals surface area contributed by atoms with Crippen LogP contribution in [-0.4, -0.2) is 17.0 Å². The van der Waals surface area contributed by atoms with E-state index in [2.05, 4.69) is 26.7 Å². The molecule has 1 radical (unpaired) electrons. The van der Waals surface area contributed by atoms with Crippen LogP contribution in [0.3, 0.4) is 0 Å². The van der Waals surface area contributed by atoms with E-state index in [1.54, 1.807) is 19.3 Å².